The average molecular weight is 499 g/mol. The minimum atomic E-state index is -0.828. The van der Waals surface area contributed by atoms with Crippen LogP contribution in [0.25, 0.3) is 5.76 Å². The summed E-state index contributed by atoms with van der Waals surface area (Å²) < 4.78 is 22.1. The van der Waals surface area contributed by atoms with Crippen molar-refractivity contribution in [3.8, 4) is 23.0 Å². The lowest BCUT2D eigenvalue weighted by atomic mass is 9.94. The second-order valence-electron chi connectivity index (χ2n) is 8.43. The molecular formula is C27H34N2O7. The Morgan fingerprint density at radius 1 is 0.944 bits per heavy atom. The van der Waals surface area contributed by atoms with Gasteiger partial charge in [-0.3, -0.25) is 9.59 Å². The zero-order valence-corrected chi connectivity index (χ0v) is 21.7. The Balaban J connectivity index is 2.22. The summed E-state index contributed by atoms with van der Waals surface area (Å²) in [5.74, 6) is 0.129. The van der Waals surface area contributed by atoms with Crippen LogP contribution in [0.15, 0.2) is 42.0 Å². The zero-order valence-electron chi connectivity index (χ0n) is 21.7. The van der Waals surface area contributed by atoms with Crippen molar-refractivity contribution in [2.24, 2.45) is 0 Å². The third-order valence-electron chi connectivity index (χ3n) is 5.87. The average Bonchev–Trinajstić information content (AvgIpc) is 3.12. The highest BCUT2D eigenvalue weighted by Gasteiger charge is 2.46. The predicted molar refractivity (Wildman–Crippen MR) is 136 cm³/mol. The number of aliphatic hydroxyl groups excluding tert-OH is 1. The molecule has 1 saturated heterocycles. The van der Waals surface area contributed by atoms with E-state index >= 15 is 0 Å². The first-order valence-electron chi connectivity index (χ1n) is 11.8. The van der Waals surface area contributed by atoms with Crippen LogP contribution in [0.3, 0.4) is 0 Å². The number of carbonyl (C=O) groups is 2. The normalized spacial score (nSPS) is 17.0. The Morgan fingerprint density at radius 2 is 1.64 bits per heavy atom. The number of amides is 1. The molecule has 1 unspecified atom stereocenters. The van der Waals surface area contributed by atoms with Crippen LogP contribution in [0.5, 0.6) is 23.0 Å². The molecule has 1 fully saturated rings. The molecule has 0 bridgehead atoms. The summed E-state index contributed by atoms with van der Waals surface area (Å²) in [6.07, 6.45) is 0. The Bertz CT molecular complexity index is 1140. The molecule has 1 aliphatic rings. The first kappa shape index (κ1) is 26.9. The van der Waals surface area contributed by atoms with E-state index in [1.165, 1.54) is 19.1 Å². The van der Waals surface area contributed by atoms with Gasteiger partial charge in [-0.05, 0) is 57.8 Å². The SMILES string of the molecule is CCOc1ccc(/C(O)=C2\C(=O)C(=O)N(CCN(C)C)C2c2ccc(OC)c(OC)c2)c(OCC)c1. The molecule has 36 heavy (non-hydrogen) atoms. The number of hydrogen-bond acceptors (Lipinski definition) is 8. The van der Waals surface area contributed by atoms with Crippen molar-refractivity contribution in [3.63, 3.8) is 0 Å². The zero-order chi connectivity index (χ0) is 26.4. The van der Waals surface area contributed by atoms with Crippen molar-refractivity contribution in [3.05, 3.63) is 53.1 Å². The lowest BCUT2D eigenvalue weighted by Gasteiger charge is -2.27. The van der Waals surface area contributed by atoms with E-state index < -0.39 is 17.7 Å². The number of likely N-dealkylation sites (tertiary alicyclic amines) is 1. The Hall–Kier alpha value is -3.72. The van der Waals surface area contributed by atoms with Gasteiger partial charge in [0.2, 0.25) is 0 Å². The van der Waals surface area contributed by atoms with E-state index in [1.807, 2.05) is 32.8 Å². The molecule has 0 aliphatic carbocycles. The Morgan fingerprint density at radius 3 is 2.25 bits per heavy atom. The van der Waals surface area contributed by atoms with Crippen molar-refractivity contribution in [2.75, 3.05) is 54.6 Å². The van der Waals surface area contributed by atoms with Gasteiger partial charge in [0.1, 0.15) is 17.3 Å². The van der Waals surface area contributed by atoms with Crippen molar-refractivity contribution in [1.82, 2.24) is 9.80 Å². The van der Waals surface area contributed by atoms with Gasteiger partial charge < -0.3 is 33.9 Å². The number of aliphatic hydroxyl groups is 1. The number of hydrogen-bond donors (Lipinski definition) is 1. The van der Waals surface area contributed by atoms with Crippen molar-refractivity contribution in [2.45, 2.75) is 19.9 Å². The summed E-state index contributed by atoms with van der Waals surface area (Å²) in [6.45, 7) is 5.31. The third-order valence-corrected chi connectivity index (χ3v) is 5.87. The summed E-state index contributed by atoms with van der Waals surface area (Å²) in [5, 5.41) is 11.5. The lowest BCUT2D eigenvalue weighted by molar-refractivity contribution is -0.140. The van der Waals surface area contributed by atoms with E-state index in [1.54, 1.807) is 36.4 Å². The van der Waals surface area contributed by atoms with Gasteiger partial charge in [-0.25, -0.2) is 0 Å². The third kappa shape index (κ3) is 5.41. The molecule has 0 aromatic heterocycles. The molecule has 9 nitrogen and oxygen atoms in total. The fraction of sp³-hybridized carbons (Fsp3) is 0.407. The minimum absolute atomic E-state index is 0.0175. The quantitative estimate of drug-likeness (QED) is 0.286. The molecule has 3 rings (SSSR count). The predicted octanol–water partition coefficient (Wildman–Crippen LogP) is 3.48. The smallest absolute Gasteiger partial charge is 0.295 e. The van der Waals surface area contributed by atoms with E-state index in [9.17, 15) is 14.7 Å². The maximum atomic E-state index is 13.3. The standard InChI is InChI=1S/C27H34N2O7/c1-7-35-18-10-11-19(21(16-18)36-8-2)25(30)23-24(17-9-12-20(33-5)22(15-17)34-6)29(14-13-28(3)4)27(32)26(23)31/h9-12,15-16,24,30H,7-8,13-14H2,1-6H3/b25-23+. The molecule has 2 aromatic rings. The van der Waals surface area contributed by atoms with Gasteiger partial charge in [-0.1, -0.05) is 6.07 Å². The van der Waals surface area contributed by atoms with Gasteiger partial charge in [0.05, 0.1) is 44.6 Å². The van der Waals surface area contributed by atoms with Gasteiger partial charge >= 0.3 is 0 Å². The van der Waals surface area contributed by atoms with Gasteiger partial charge in [0, 0.05) is 19.2 Å². The van der Waals surface area contributed by atoms with E-state index in [0.29, 0.717) is 53.9 Å². The highest BCUT2D eigenvalue weighted by molar-refractivity contribution is 6.46. The number of likely N-dealkylation sites (N-methyl/N-ethyl adjacent to an activating group) is 1. The fourth-order valence-corrected chi connectivity index (χ4v) is 4.16. The molecule has 1 aliphatic heterocycles. The molecule has 1 amide bonds. The topological polar surface area (TPSA) is 97.8 Å². The lowest BCUT2D eigenvalue weighted by Crippen LogP contribution is -2.35. The van der Waals surface area contributed by atoms with Crippen LogP contribution in [0.4, 0.5) is 0 Å². The maximum Gasteiger partial charge on any atom is 0.295 e. The van der Waals surface area contributed by atoms with Gasteiger partial charge in [0.25, 0.3) is 11.7 Å². The molecule has 1 N–H and O–H groups in total. The monoisotopic (exact) mass is 498 g/mol. The second kappa shape index (κ2) is 11.8. The Kier molecular flexibility index (Phi) is 8.82. The van der Waals surface area contributed by atoms with Crippen LogP contribution >= 0.6 is 0 Å². The molecule has 1 atom stereocenters. The number of benzene rings is 2. The molecule has 194 valence electrons. The molecular weight excluding hydrogens is 464 g/mol. The first-order chi connectivity index (χ1) is 17.3. The van der Waals surface area contributed by atoms with Crippen LogP contribution in [-0.4, -0.2) is 81.2 Å². The molecule has 0 saturated carbocycles. The van der Waals surface area contributed by atoms with Crippen molar-refractivity contribution < 1.29 is 33.6 Å². The van der Waals surface area contributed by atoms with Crippen LogP contribution in [0.1, 0.15) is 31.0 Å². The summed E-state index contributed by atoms with van der Waals surface area (Å²) in [5.41, 5.74) is 0.892. The largest absolute Gasteiger partial charge is 0.507 e. The second-order valence-corrected chi connectivity index (χ2v) is 8.43. The highest BCUT2D eigenvalue weighted by Crippen LogP contribution is 2.43. The fourth-order valence-electron chi connectivity index (χ4n) is 4.16. The maximum absolute atomic E-state index is 13.3. The number of methoxy groups -OCH3 is 2. The summed E-state index contributed by atoms with van der Waals surface area (Å²) >= 11 is 0. The molecule has 9 heteroatoms. The first-order valence-corrected chi connectivity index (χ1v) is 11.8. The minimum Gasteiger partial charge on any atom is -0.507 e. The van der Waals surface area contributed by atoms with Crippen molar-refractivity contribution >= 4 is 17.4 Å². The molecule has 1 heterocycles. The van der Waals surface area contributed by atoms with Gasteiger partial charge in [-0.2, -0.15) is 0 Å². The van der Waals surface area contributed by atoms with E-state index in [0.717, 1.165) is 0 Å². The number of rotatable bonds is 11. The molecule has 0 radical (unpaired) electrons. The van der Waals surface area contributed by atoms with E-state index in [-0.39, 0.29) is 17.9 Å². The van der Waals surface area contributed by atoms with Gasteiger partial charge in [0.15, 0.2) is 11.5 Å². The number of ether oxygens (including phenoxy) is 4. The highest BCUT2D eigenvalue weighted by atomic mass is 16.5. The van der Waals surface area contributed by atoms with Crippen LogP contribution in [0, 0.1) is 0 Å². The number of Topliss-reactive ketones (excluding diaryl/α,β-unsaturated/α-hetero) is 1. The van der Waals surface area contributed by atoms with Crippen LogP contribution in [0.2, 0.25) is 0 Å². The summed E-state index contributed by atoms with van der Waals surface area (Å²) in [6, 6.07) is 9.34. The molecule has 2 aromatic carbocycles. The van der Waals surface area contributed by atoms with Crippen LogP contribution < -0.4 is 18.9 Å². The van der Waals surface area contributed by atoms with E-state index in [4.69, 9.17) is 18.9 Å². The Labute approximate surface area is 211 Å². The van der Waals surface area contributed by atoms with Crippen molar-refractivity contribution in [1.29, 1.82) is 0 Å². The van der Waals surface area contributed by atoms with Gasteiger partial charge in [-0.15, -0.1) is 0 Å². The number of carbonyl (C=O) groups excluding carboxylic acids is 2. The number of nitrogens with zero attached hydrogens (tertiary/aromatic N) is 2. The summed E-state index contributed by atoms with van der Waals surface area (Å²) in [4.78, 5) is 29.9. The van der Waals surface area contributed by atoms with E-state index in [2.05, 4.69) is 0 Å². The summed E-state index contributed by atoms with van der Waals surface area (Å²) in [7, 11) is 6.81. The number of ketones is 1. The molecule has 0 spiro atoms. The van der Waals surface area contributed by atoms with Crippen LogP contribution in [-0.2, 0) is 9.59 Å².